The zero-order valence-electron chi connectivity index (χ0n) is 16.0. The fourth-order valence-electron chi connectivity index (χ4n) is 2.95. The van der Waals surface area contributed by atoms with Crippen molar-refractivity contribution in [2.45, 2.75) is 30.5 Å². The lowest BCUT2D eigenvalue weighted by molar-refractivity contribution is -0.117. The number of nitrogens with zero attached hydrogens (tertiary/aromatic N) is 3. The van der Waals surface area contributed by atoms with Crippen LogP contribution in [-0.2, 0) is 11.2 Å². The van der Waals surface area contributed by atoms with Crippen LogP contribution in [-0.4, -0.2) is 39.0 Å². The molecule has 0 radical (unpaired) electrons. The van der Waals surface area contributed by atoms with Crippen LogP contribution in [0.3, 0.4) is 0 Å². The number of aromatic nitrogens is 3. The molecule has 3 aromatic rings. The topological polar surface area (TPSA) is 88.9 Å². The number of thiophene rings is 1. The zero-order chi connectivity index (χ0) is 20.9. The van der Waals surface area contributed by atoms with Crippen LogP contribution in [0.25, 0.3) is 11.4 Å². The second-order valence-electron chi connectivity index (χ2n) is 6.81. The summed E-state index contributed by atoms with van der Waals surface area (Å²) in [5, 5.41) is 15.8. The summed E-state index contributed by atoms with van der Waals surface area (Å²) in [5.74, 6) is -0.308. The van der Waals surface area contributed by atoms with Crippen LogP contribution in [0.2, 0.25) is 0 Å². The molecule has 0 bridgehead atoms. The minimum atomic E-state index is -0.520. The van der Waals surface area contributed by atoms with Crippen molar-refractivity contribution in [2.75, 3.05) is 12.3 Å². The molecule has 3 amide bonds. The number of carbonyl (C=O) groups is 2. The van der Waals surface area contributed by atoms with Crippen LogP contribution in [0.4, 0.5) is 9.18 Å². The van der Waals surface area contributed by atoms with Gasteiger partial charge in [-0.1, -0.05) is 30.0 Å². The predicted octanol–water partition coefficient (Wildman–Crippen LogP) is 3.64. The molecule has 4 rings (SSSR count). The van der Waals surface area contributed by atoms with Crippen LogP contribution in [0.1, 0.15) is 23.8 Å². The van der Waals surface area contributed by atoms with Gasteiger partial charge in [-0.15, -0.1) is 21.5 Å². The highest BCUT2D eigenvalue weighted by molar-refractivity contribution is 7.99. The number of halogens is 1. The summed E-state index contributed by atoms with van der Waals surface area (Å²) >= 11 is 2.81. The normalized spacial score (nSPS) is 13.2. The molecule has 2 heterocycles. The van der Waals surface area contributed by atoms with E-state index in [1.165, 1.54) is 22.7 Å². The highest BCUT2D eigenvalue weighted by atomic mass is 32.2. The first-order valence-electron chi connectivity index (χ1n) is 9.54. The molecular formula is C20H20FN5O2S2. The molecule has 0 unspecified atom stereocenters. The van der Waals surface area contributed by atoms with Crippen LogP contribution in [0.15, 0.2) is 46.9 Å². The maximum atomic E-state index is 14.2. The number of hydrogen-bond acceptors (Lipinski definition) is 6. The smallest absolute Gasteiger partial charge is 0.321 e. The fraction of sp³-hybridized carbons (Fsp3) is 0.300. The Morgan fingerprint density at radius 1 is 1.20 bits per heavy atom. The van der Waals surface area contributed by atoms with Gasteiger partial charge in [0.15, 0.2) is 11.0 Å². The van der Waals surface area contributed by atoms with Gasteiger partial charge in [0.05, 0.1) is 11.3 Å². The van der Waals surface area contributed by atoms with Crippen LogP contribution in [0, 0.1) is 5.82 Å². The van der Waals surface area contributed by atoms with E-state index in [1.807, 2.05) is 22.1 Å². The highest BCUT2D eigenvalue weighted by Gasteiger charge is 2.31. The third-order valence-corrected chi connectivity index (χ3v) is 6.39. The Bertz CT molecular complexity index is 1030. The van der Waals surface area contributed by atoms with E-state index in [4.69, 9.17) is 0 Å². The monoisotopic (exact) mass is 445 g/mol. The first-order chi connectivity index (χ1) is 14.6. The lowest BCUT2D eigenvalue weighted by atomic mass is 10.2. The van der Waals surface area contributed by atoms with Crippen LogP contribution < -0.4 is 10.6 Å². The molecule has 0 spiro atoms. The number of imide groups is 1. The van der Waals surface area contributed by atoms with E-state index in [0.29, 0.717) is 23.1 Å². The van der Waals surface area contributed by atoms with Gasteiger partial charge < -0.3 is 5.32 Å². The minimum absolute atomic E-state index is 0.0144. The van der Waals surface area contributed by atoms with Gasteiger partial charge in [0.2, 0.25) is 5.91 Å². The SMILES string of the molecule is O=C(CSc1nnc(-c2ccccc2F)n1C1CC1)NC(=O)NCCc1cccs1. The summed E-state index contributed by atoms with van der Waals surface area (Å²) in [6.45, 7) is 0.453. The van der Waals surface area contributed by atoms with Gasteiger partial charge in [0.1, 0.15) is 5.82 Å². The average molecular weight is 446 g/mol. The molecule has 0 aliphatic heterocycles. The Balaban J connectivity index is 1.32. The van der Waals surface area contributed by atoms with Crippen molar-refractivity contribution in [3.8, 4) is 11.4 Å². The van der Waals surface area contributed by atoms with Crippen molar-refractivity contribution >= 4 is 35.0 Å². The molecule has 7 nitrogen and oxygen atoms in total. The molecule has 1 saturated carbocycles. The third kappa shape index (κ3) is 5.06. The van der Waals surface area contributed by atoms with Gasteiger partial charge in [-0.05, 0) is 42.8 Å². The van der Waals surface area contributed by atoms with E-state index >= 15 is 0 Å². The molecule has 10 heteroatoms. The molecule has 30 heavy (non-hydrogen) atoms. The summed E-state index contributed by atoms with van der Waals surface area (Å²) in [7, 11) is 0. The summed E-state index contributed by atoms with van der Waals surface area (Å²) in [6, 6.07) is 10.1. The van der Waals surface area contributed by atoms with Crippen molar-refractivity contribution in [1.82, 2.24) is 25.4 Å². The molecule has 1 aliphatic rings. The number of thioether (sulfide) groups is 1. The maximum Gasteiger partial charge on any atom is 0.321 e. The second-order valence-corrected chi connectivity index (χ2v) is 8.78. The first-order valence-corrected chi connectivity index (χ1v) is 11.4. The molecule has 1 aliphatic carbocycles. The van der Waals surface area contributed by atoms with Gasteiger partial charge in [0.25, 0.3) is 0 Å². The number of nitrogens with one attached hydrogen (secondary N) is 2. The van der Waals surface area contributed by atoms with E-state index in [-0.39, 0.29) is 17.6 Å². The van der Waals surface area contributed by atoms with Crippen molar-refractivity contribution in [3.05, 3.63) is 52.5 Å². The Hall–Kier alpha value is -2.72. The van der Waals surface area contributed by atoms with Gasteiger partial charge in [-0.25, -0.2) is 9.18 Å². The quantitative estimate of drug-likeness (QED) is 0.517. The van der Waals surface area contributed by atoms with Crippen LogP contribution >= 0.6 is 23.1 Å². The van der Waals surface area contributed by atoms with Crippen molar-refractivity contribution in [3.63, 3.8) is 0 Å². The summed E-state index contributed by atoms with van der Waals surface area (Å²) in [5.41, 5.74) is 0.387. The molecule has 1 aromatic carbocycles. The number of urea groups is 1. The lowest BCUT2D eigenvalue weighted by Crippen LogP contribution is -2.41. The Morgan fingerprint density at radius 2 is 2.03 bits per heavy atom. The van der Waals surface area contributed by atoms with Crippen LogP contribution in [0.5, 0.6) is 0 Å². The van der Waals surface area contributed by atoms with Crippen molar-refractivity contribution in [2.24, 2.45) is 0 Å². The van der Waals surface area contributed by atoms with Gasteiger partial charge in [-0.2, -0.15) is 0 Å². The second kappa shape index (κ2) is 9.40. The number of benzene rings is 1. The Labute approximate surface area is 181 Å². The molecule has 2 aromatic heterocycles. The van der Waals surface area contributed by atoms with E-state index in [2.05, 4.69) is 20.8 Å². The standard InChI is InChI=1S/C20H20FN5O2S2/c21-16-6-2-1-5-15(16)18-24-25-20(26(18)13-7-8-13)30-12-17(27)23-19(28)22-10-9-14-4-3-11-29-14/h1-6,11,13H,7-10,12H2,(H2,22,23,27,28). The highest BCUT2D eigenvalue weighted by Crippen LogP contribution is 2.41. The maximum absolute atomic E-state index is 14.2. The van der Waals surface area contributed by atoms with E-state index in [9.17, 15) is 14.0 Å². The third-order valence-electron chi connectivity index (χ3n) is 4.51. The van der Waals surface area contributed by atoms with E-state index in [0.717, 1.165) is 19.3 Å². The number of amides is 3. The molecule has 0 saturated heterocycles. The summed E-state index contributed by atoms with van der Waals surface area (Å²) in [6.07, 6.45) is 2.65. The zero-order valence-corrected chi connectivity index (χ0v) is 17.6. The Kier molecular flexibility index (Phi) is 6.44. The summed E-state index contributed by atoms with van der Waals surface area (Å²) in [4.78, 5) is 25.2. The molecule has 1 fully saturated rings. The predicted molar refractivity (Wildman–Crippen MR) is 114 cm³/mol. The van der Waals surface area contributed by atoms with E-state index < -0.39 is 11.9 Å². The fourth-order valence-corrected chi connectivity index (χ4v) is 4.47. The van der Waals surface area contributed by atoms with E-state index in [1.54, 1.807) is 29.5 Å². The lowest BCUT2D eigenvalue weighted by Gasteiger charge is -2.09. The average Bonchev–Trinajstić information content (AvgIpc) is 3.26. The molecule has 0 atom stereocenters. The van der Waals surface area contributed by atoms with Gasteiger partial charge in [-0.3, -0.25) is 14.7 Å². The molecule has 156 valence electrons. The Morgan fingerprint density at radius 3 is 2.77 bits per heavy atom. The molecule has 2 N–H and O–H groups in total. The van der Waals surface area contributed by atoms with Crippen molar-refractivity contribution in [1.29, 1.82) is 0 Å². The largest absolute Gasteiger partial charge is 0.337 e. The number of hydrogen-bond donors (Lipinski definition) is 2. The summed E-state index contributed by atoms with van der Waals surface area (Å²) < 4.78 is 16.1. The first kappa shape index (κ1) is 20.5. The molecular weight excluding hydrogens is 425 g/mol. The number of carbonyl (C=O) groups excluding carboxylic acids is 2. The van der Waals surface area contributed by atoms with Gasteiger partial charge in [0, 0.05) is 17.5 Å². The van der Waals surface area contributed by atoms with Gasteiger partial charge >= 0.3 is 6.03 Å². The minimum Gasteiger partial charge on any atom is -0.337 e. The number of rotatable bonds is 8. The van der Waals surface area contributed by atoms with Crippen molar-refractivity contribution < 1.29 is 14.0 Å².